The highest BCUT2D eigenvalue weighted by molar-refractivity contribution is 6.00. The van der Waals surface area contributed by atoms with Gasteiger partial charge in [-0.15, -0.1) is 0 Å². The van der Waals surface area contributed by atoms with Crippen LogP contribution in [0.1, 0.15) is 18.4 Å². The van der Waals surface area contributed by atoms with E-state index in [9.17, 15) is 22.8 Å². The summed E-state index contributed by atoms with van der Waals surface area (Å²) in [6.07, 6.45) is 0.596. The van der Waals surface area contributed by atoms with Gasteiger partial charge in [0.1, 0.15) is 0 Å². The van der Waals surface area contributed by atoms with E-state index in [4.69, 9.17) is 4.42 Å². The lowest BCUT2D eigenvalue weighted by molar-refractivity contribution is -0.137. The van der Waals surface area contributed by atoms with Gasteiger partial charge in [-0.1, -0.05) is 6.08 Å². The largest absolute Gasteiger partial charge is 0.417 e. The monoisotopic (exact) mass is 431 g/mol. The van der Waals surface area contributed by atoms with Gasteiger partial charge in [0.05, 0.1) is 11.1 Å². The fourth-order valence-electron chi connectivity index (χ4n) is 3.64. The summed E-state index contributed by atoms with van der Waals surface area (Å²) in [5.41, 5.74) is 1.54. The molecule has 0 saturated carbocycles. The molecule has 2 heterocycles. The lowest BCUT2D eigenvalue weighted by Gasteiger charge is -2.32. The summed E-state index contributed by atoms with van der Waals surface area (Å²) in [4.78, 5) is 28.0. The second-order valence-corrected chi connectivity index (χ2v) is 7.44. The molecule has 6 nitrogen and oxygen atoms in total. The van der Waals surface area contributed by atoms with Gasteiger partial charge in [-0.05, 0) is 61.2 Å². The smallest absolute Gasteiger partial charge is 0.408 e. The zero-order valence-corrected chi connectivity index (χ0v) is 16.4. The number of aromatic nitrogens is 1. The van der Waals surface area contributed by atoms with Crippen LogP contribution in [0.15, 0.2) is 63.8 Å². The number of H-pyrrole nitrogens is 1. The van der Waals surface area contributed by atoms with Crippen LogP contribution in [0.2, 0.25) is 0 Å². The van der Waals surface area contributed by atoms with Crippen LogP contribution in [0.4, 0.5) is 24.5 Å². The Morgan fingerprint density at radius 1 is 1.13 bits per heavy atom. The van der Waals surface area contributed by atoms with Gasteiger partial charge in [0.25, 0.3) is 0 Å². The molecule has 0 radical (unpaired) electrons. The van der Waals surface area contributed by atoms with Crippen molar-refractivity contribution in [3.63, 3.8) is 0 Å². The van der Waals surface area contributed by atoms with Crippen LogP contribution >= 0.6 is 0 Å². The Kier molecular flexibility index (Phi) is 5.58. The summed E-state index contributed by atoms with van der Waals surface area (Å²) in [7, 11) is 0. The molecule has 1 aliphatic rings. The molecular formula is C22H20F3N3O3. The third kappa shape index (κ3) is 4.99. The van der Waals surface area contributed by atoms with Gasteiger partial charge in [0.15, 0.2) is 5.58 Å². The van der Waals surface area contributed by atoms with E-state index in [2.05, 4.69) is 10.3 Å². The Hall–Kier alpha value is -3.49. The Morgan fingerprint density at radius 2 is 1.84 bits per heavy atom. The van der Waals surface area contributed by atoms with Crippen molar-refractivity contribution in [2.24, 2.45) is 5.92 Å². The van der Waals surface area contributed by atoms with Gasteiger partial charge >= 0.3 is 11.9 Å². The van der Waals surface area contributed by atoms with Gasteiger partial charge in [-0.25, -0.2) is 4.79 Å². The summed E-state index contributed by atoms with van der Waals surface area (Å²) < 4.78 is 43.1. The lowest BCUT2D eigenvalue weighted by Crippen LogP contribution is -2.33. The molecule has 1 fully saturated rings. The van der Waals surface area contributed by atoms with Crippen molar-refractivity contribution in [2.45, 2.75) is 19.0 Å². The molecule has 31 heavy (non-hydrogen) atoms. The Balaban J connectivity index is 1.29. The Labute approximate surface area is 175 Å². The second kappa shape index (κ2) is 8.33. The minimum atomic E-state index is -4.34. The Bertz CT molecular complexity index is 1150. The van der Waals surface area contributed by atoms with Gasteiger partial charge in [-0.3, -0.25) is 9.78 Å². The number of halogens is 3. The SMILES string of the molecule is O=C(/C=C/C1CCN(c2ccc(C(F)(F)F)cc2)CC1)Nc1ccc2[nH]c(=O)oc2c1. The number of oxazole rings is 1. The first-order valence-electron chi connectivity index (χ1n) is 9.82. The first-order chi connectivity index (χ1) is 14.8. The molecular weight excluding hydrogens is 411 g/mol. The van der Waals surface area contributed by atoms with E-state index in [-0.39, 0.29) is 11.8 Å². The molecule has 162 valence electrons. The maximum Gasteiger partial charge on any atom is 0.417 e. The van der Waals surface area contributed by atoms with Crippen LogP contribution in [0.3, 0.4) is 0 Å². The number of fused-ring (bicyclic) bond motifs is 1. The van der Waals surface area contributed by atoms with E-state index in [0.717, 1.165) is 30.7 Å². The number of nitrogens with one attached hydrogen (secondary N) is 2. The molecule has 2 aromatic carbocycles. The number of piperidine rings is 1. The van der Waals surface area contributed by atoms with Gasteiger partial charge in [0.2, 0.25) is 5.91 Å². The summed E-state index contributed by atoms with van der Waals surface area (Å²) in [5.74, 6) is -0.634. The first-order valence-corrected chi connectivity index (χ1v) is 9.82. The number of amides is 1. The number of aromatic amines is 1. The molecule has 0 spiro atoms. The fraction of sp³-hybridized carbons (Fsp3) is 0.273. The topological polar surface area (TPSA) is 78.3 Å². The maximum absolute atomic E-state index is 12.7. The predicted octanol–water partition coefficient (Wildman–Crippen LogP) is 4.55. The standard InChI is InChI=1S/C22H20F3N3O3/c23-22(24,25)15-2-5-17(6-3-15)28-11-9-14(10-12-28)1-8-20(29)26-16-4-7-18-19(13-16)31-21(30)27-18/h1-8,13-14H,9-12H2,(H,26,29)(H,27,30)/b8-1+. The molecule has 1 amide bonds. The lowest BCUT2D eigenvalue weighted by atomic mass is 9.96. The average molecular weight is 431 g/mol. The van der Waals surface area contributed by atoms with E-state index in [1.165, 1.54) is 18.2 Å². The average Bonchev–Trinajstić information content (AvgIpc) is 3.11. The normalized spacial score (nSPS) is 15.6. The van der Waals surface area contributed by atoms with E-state index in [1.54, 1.807) is 18.2 Å². The maximum atomic E-state index is 12.7. The summed E-state index contributed by atoms with van der Waals surface area (Å²) >= 11 is 0. The highest BCUT2D eigenvalue weighted by Crippen LogP contribution is 2.31. The highest BCUT2D eigenvalue weighted by atomic mass is 19.4. The number of benzene rings is 2. The van der Waals surface area contributed by atoms with E-state index in [1.807, 2.05) is 11.0 Å². The molecule has 3 aromatic rings. The molecule has 0 atom stereocenters. The zero-order valence-electron chi connectivity index (χ0n) is 16.4. The van der Waals surface area contributed by atoms with E-state index >= 15 is 0 Å². The second-order valence-electron chi connectivity index (χ2n) is 7.44. The van der Waals surface area contributed by atoms with Crippen LogP contribution in [0.5, 0.6) is 0 Å². The first kappa shape index (κ1) is 20.8. The minimum Gasteiger partial charge on any atom is -0.408 e. The van der Waals surface area contributed by atoms with Crippen molar-refractivity contribution in [3.05, 3.63) is 70.7 Å². The van der Waals surface area contributed by atoms with Crippen LogP contribution in [0, 0.1) is 5.92 Å². The third-order valence-corrected chi connectivity index (χ3v) is 5.31. The molecule has 1 aromatic heterocycles. The van der Waals surface area contributed by atoms with Crippen molar-refractivity contribution in [1.82, 2.24) is 4.98 Å². The molecule has 1 saturated heterocycles. The summed E-state index contributed by atoms with van der Waals surface area (Å²) in [6, 6.07) is 10.1. The zero-order chi connectivity index (χ0) is 22.0. The number of alkyl halides is 3. The molecule has 0 aliphatic carbocycles. The van der Waals surface area contributed by atoms with Gasteiger partial charge < -0.3 is 14.6 Å². The third-order valence-electron chi connectivity index (χ3n) is 5.31. The number of hydrogen-bond donors (Lipinski definition) is 2. The van der Waals surface area contributed by atoms with Crippen molar-refractivity contribution >= 4 is 28.4 Å². The van der Waals surface area contributed by atoms with Gasteiger partial charge in [0, 0.05) is 30.5 Å². The fourth-order valence-corrected chi connectivity index (χ4v) is 3.64. The van der Waals surface area contributed by atoms with Crippen molar-refractivity contribution < 1.29 is 22.4 Å². The van der Waals surface area contributed by atoms with Crippen LogP contribution in [-0.4, -0.2) is 24.0 Å². The predicted molar refractivity (Wildman–Crippen MR) is 111 cm³/mol. The molecule has 4 rings (SSSR count). The van der Waals surface area contributed by atoms with E-state index < -0.39 is 17.5 Å². The quantitative estimate of drug-likeness (QED) is 0.594. The molecule has 0 unspecified atom stereocenters. The van der Waals surface area contributed by atoms with Crippen molar-refractivity contribution in [2.75, 3.05) is 23.3 Å². The number of carbonyl (C=O) groups excluding carboxylic acids is 1. The van der Waals surface area contributed by atoms with Crippen molar-refractivity contribution in [3.8, 4) is 0 Å². The van der Waals surface area contributed by atoms with Crippen LogP contribution in [-0.2, 0) is 11.0 Å². The molecule has 2 N–H and O–H groups in total. The highest BCUT2D eigenvalue weighted by Gasteiger charge is 2.30. The number of rotatable bonds is 4. The number of anilines is 2. The number of nitrogens with zero attached hydrogens (tertiary/aromatic N) is 1. The number of hydrogen-bond acceptors (Lipinski definition) is 4. The van der Waals surface area contributed by atoms with Crippen LogP contribution in [0.25, 0.3) is 11.1 Å². The summed E-state index contributed by atoms with van der Waals surface area (Å²) in [5, 5.41) is 2.73. The van der Waals surface area contributed by atoms with Gasteiger partial charge in [-0.2, -0.15) is 13.2 Å². The molecule has 1 aliphatic heterocycles. The molecule has 0 bridgehead atoms. The minimum absolute atomic E-state index is 0.210. The molecule has 9 heteroatoms. The van der Waals surface area contributed by atoms with E-state index in [0.29, 0.717) is 29.9 Å². The van der Waals surface area contributed by atoms with Crippen molar-refractivity contribution in [1.29, 1.82) is 0 Å². The number of carbonyl (C=O) groups is 1. The number of allylic oxidation sites excluding steroid dienone is 1. The summed E-state index contributed by atoms with van der Waals surface area (Å²) in [6.45, 7) is 1.40. The van der Waals surface area contributed by atoms with Crippen LogP contribution < -0.4 is 16.0 Å². The Morgan fingerprint density at radius 3 is 2.52 bits per heavy atom.